The molecule has 19 heavy (non-hydrogen) atoms. The van der Waals surface area contributed by atoms with Crippen LogP contribution in [0.2, 0.25) is 0 Å². The molecule has 2 atom stereocenters. The van der Waals surface area contributed by atoms with E-state index < -0.39 is 6.10 Å². The van der Waals surface area contributed by atoms with Crippen LogP contribution >= 0.6 is 11.3 Å². The molecular weight excluding hydrogens is 262 g/mol. The first-order valence-corrected chi connectivity index (χ1v) is 7.30. The fourth-order valence-corrected chi connectivity index (χ4v) is 2.31. The first-order valence-electron chi connectivity index (χ1n) is 6.43. The lowest BCUT2D eigenvalue weighted by Crippen LogP contribution is -2.38. The summed E-state index contributed by atoms with van der Waals surface area (Å²) in [4.78, 5) is 12.6. The summed E-state index contributed by atoms with van der Waals surface area (Å²) in [5, 5.41) is 14.7. The quantitative estimate of drug-likeness (QED) is 0.844. The zero-order valence-electron chi connectivity index (χ0n) is 12.0. The van der Waals surface area contributed by atoms with Crippen molar-refractivity contribution in [1.29, 1.82) is 0 Å². The van der Waals surface area contributed by atoms with Gasteiger partial charge in [-0.05, 0) is 45.6 Å². The van der Waals surface area contributed by atoms with E-state index >= 15 is 0 Å². The molecule has 0 spiro atoms. The van der Waals surface area contributed by atoms with Gasteiger partial charge < -0.3 is 15.2 Å². The molecule has 0 bridgehead atoms. The Morgan fingerprint density at radius 1 is 1.53 bits per heavy atom. The first-order chi connectivity index (χ1) is 8.78. The molecule has 1 rings (SSSR count). The van der Waals surface area contributed by atoms with Gasteiger partial charge in [0.25, 0.3) is 0 Å². The number of hydrogen-bond donors (Lipinski definition) is 2. The molecule has 0 fully saturated rings. The molecule has 2 unspecified atom stereocenters. The molecule has 1 aromatic rings. The Hall–Kier alpha value is -0.910. The Bertz CT molecular complexity index is 384. The number of thiophene rings is 1. The zero-order valence-corrected chi connectivity index (χ0v) is 12.8. The van der Waals surface area contributed by atoms with E-state index in [9.17, 15) is 9.90 Å². The van der Waals surface area contributed by atoms with Crippen molar-refractivity contribution in [2.45, 2.75) is 51.9 Å². The lowest BCUT2D eigenvalue weighted by Gasteiger charge is -2.21. The summed E-state index contributed by atoms with van der Waals surface area (Å²) in [5.74, 6) is -0.152. The molecule has 0 saturated carbocycles. The number of aliphatic hydroxyl groups excluding tert-OH is 1. The third-order valence-electron chi connectivity index (χ3n) is 2.49. The topological polar surface area (TPSA) is 58.6 Å². The molecule has 1 aromatic heterocycles. The number of carbonyl (C=O) groups is 1. The van der Waals surface area contributed by atoms with E-state index in [-0.39, 0.29) is 24.2 Å². The van der Waals surface area contributed by atoms with Crippen LogP contribution in [0.25, 0.3) is 0 Å². The molecule has 0 aromatic carbocycles. The van der Waals surface area contributed by atoms with Crippen molar-refractivity contribution in [3.8, 4) is 0 Å². The second kappa shape index (κ2) is 7.03. The van der Waals surface area contributed by atoms with E-state index in [1.807, 2.05) is 45.2 Å². The van der Waals surface area contributed by atoms with E-state index in [4.69, 9.17) is 4.74 Å². The van der Waals surface area contributed by atoms with Gasteiger partial charge in [-0.2, -0.15) is 0 Å². The highest BCUT2D eigenvalue weighted by atomic mass is 32.1. The zero-order chi connectivity index (χ0) is 14.5. The number of nitrogens with one attached hydrogen (secondary N) is 1. The number of rotatable bonds is 6. The van der Waals surface area contributed by atoms with Crippen molar-refractivity contribution >= 4 is 17.2 Å². The number of aliphatic hydroxyl groups is 1. The molecular formula is C14H23NO3S. The molecule has 0 aliphatic carbocycles. The highest BCUT2D eigenvalue weighted by Gasteiger charge is 2.17. The highest BCUT2D eigenvalue weighted by molar-refractivity contribution is 7.10. The minimum Gasteiger partial charge on any atom is -0.387 e. The number of hydrogen-bond acceptors (Lipinski definition) is 4. The van der Waals surface area contributed by atoms with E-state index in [1.165, 1.54) is 11.3 Å². The smallest absolute Gasteiger partial charge is 0.246 e. The van der Waals surface area contributed by atoms with Crippen molar-refractivity contribution < 1.29 is 14.6 Å². The van der Waals surface area contributed by atoms with E-state index in [0.717, 1.165) is 4.88 Å². The number of carbonyl (C=O) groups excluding carboxylic acids is 1. The van der Waals surface area contributed by atoms with Crippen LogP contribution in [0.5, 0.6) is 0 Å². The fourth-order valence-electron chi connectivity index (χ4n) is 1.59. The SMILES string of the molecule is CC(CC(O)c1cccs1)NC(=O)COC(C)(C)C. The minimum atomic E-state index is -0.529. The maximum Gasteiger partial charge on any atom is 0.246 e. The Kier molecular flexibility index (Phi) is 5.97. The Morgan fingerprint density at radius 2 is 2.21 bits per heavy atom. The second-order valence-corrected chi connectivity index (χ2v) is 6.62. The molecule has 108 valence electrons. The number of ether oxygens (including phenoxy) is 1. The maximum absolute atomic E-state index is 11.7. The van der Waals surface area contributed by atoms with E-state index in [1.54, 1.807) is 0 Å². The van der Waals surface area contributed by atoms with Crippen LogP contribution in [0.4, 0.5) is 0 Å². The summed E-state index contributed by atoms with van der Waals surface area (Å²) in [7, 11) is 0. The lowest BCUT2D eigenvalue weighted by atomic mass is 10.1. The summed E-state index contributed by atoms with van der Waals surface area (Å²) < 4.78 is 5.40. The Morgan fingerprint density at radius 3 is 2.74 bits per heavy atom. The van der Waals surface area contributed by atoms with Crippen LogP contribution in [0.15, 0.2) is 17.5 Å². The van der Waals surface area contributed by atoms with Crippen LogP contribution in [-0.2, 0) is 9.53 Å². The Labute approximate surface area is 118 Å². The summed E-state index contributed by atoms with van der Waals surface area (Å²) in [6.07, 6.45) is -0.0271. The Balaban J connectivity index is 2.31. The van der Waals surface area contributed by atoms with Crippen molar-refractivity contribution in [2.24, 2.45) is 0 Å². The number of amides is 1. The molecule has 1 amide bonds. The minimum absolute atomic E-state index is 0.0446. The molecule has 0 saturated heterocycles. The van der Waals surface area contributed by atoms with Crippen molar-refractivity contribution in [1.82, 2.24) is 5.32 Å². The van der Waals surface area contributed by atoms with Crippen LogP contribution in [0.3, 0.4) is 0 Å². The predicted molar refractivity (Wildman–Crippen MR) is 77.2 cm³/mol. The third kappa shape index (κ3) is 6.71. The fraction of sp³-hybridized carbons (Fsp3) is 0.643. The predicted octanol–water partition coefficient (Wildman–Crippen LogP) is 2.49. The summed E-state index contributed by atoms with van der Waals surface area (Å²) in [6, 6.07) is 3.71. The van der Waals surface area contributed by atoms with Crippen LogP contribution < -0.4 is 5.32 Å². The highest BCUT2D eigenvalue weighted by Crippen LogP contribution is 2.22. The second-order valence-electron chi connectivity index (χ2n) is 5.64. The van der Waals surface area contributed by atoms with Gasteiger partial charge in [-0.3, -0.25) is 4.79 Å². The summed E-state index contributed by atoms with van der Waals surface area (Å²) in [5.41, 5.74) is -0.322. The van der Waals surface area contributed by atoms with Crippen LogP contribution in [0, 0.1) is 0 Å². The first kappa shape index (κ1) is 16.1. The van der Waals surface area contributed by atoms with Crippen molar-refractivity contribution in [3.63, 3.8) is 0 Å². The van der Waals surface area contributed by atoms with Gasteiger partial charge in [0.05, 0.1) is 11.7 Å². The maximum atomic E-state index is 11.7. The molecule has 0 radical (unpaired) electrons. The summed E-state index contributed by atoms with van der Waals surface area (Å²) >= 11 is 1.52. The molecule has 0 aliphatic heterocycles. The van der Waals surface area contributed by atoms with Crippen molar-refractivity contribution in [2.75, 3.05) is 6.61 Å². The van der Waals surface area contributed by atoms with Gasteiger partial charge in [0.15, 0.2) is 0 Å². The van der Waals surface area contributed by atoms with Gasteiger partial charge in [0, 0.05) is 10.9 Å². The van der Waals surface area contributed by atoms with Crippen LogP contribution in [0.1, 0.15) is 45.1 Å². The van der Waals surface area contributed by atoms with Crippen molar-refractivity contribution in [3.05, 3.63) is 22.4 Å². The average molecular weight is 285 g/mol. The van der Waals surface area contributed by atoms with Gasteiger partial charge in [-0.25, -0.2) is 0 Å². The van der Waals surface area contributed by atoms with E-state index in [2.05, 4.69) is 5.32 Å². The van der Waals surface area contributed by atoms with E-state index in [0.29, 0.717) is 6.42 Å². The van der Waals surface area contributed by atoms with Gasteiger partial charge in [-0.1, -0.05) is 6.07 Å². The molecule has 4 nitrogen and oxygen atoms in total. The summed E-state index contributed by atoms with van der Waals surface area (Å²) in [6.45, 7) is 7.65. The third-order valence-corrected chi connectivity index (χ3v) is 3.47. The van der Waals surface area contributed by atoms with Gasteiger partial charge >= 0.3 is 0 Å². The van der Waals surface area contributed by atoms with Gasteiger partial charge in [0.1, 0.15) is 6.61 Å². The molecule has 5 heteroatoms. The molecule has 1 heterocycles. The molecule has 2 N–H and O–H groups in total. The van der Waals surface area contributed by atoms with Crippen LogP contribution in [-0.4, -0.2) is 29.3 Å². The standard InChI is InChI=1S/C14H23NO3S/c1-10(8-11(16)12-6-5-7-19-12)15-13(17)9-18-14(2,3)4/h5-7,10-11,16H,8-9H2,1-4H3,(H,15,17). The van der Waals surface area contributed by atoms with Gasteiger partial charge in [-0.15, -0.1) is 11.3 Å². The van der Waals surface area contributed by atoms with Gasteiger partial charge in [0.2, 0.25) is 5.91 Å². The lowest BCUT2D eigenvalue weighted by molar-refractivity contribution is -0.131. The monoisotopic (exact) mass is 285 g/mol. The average Bonchev–Trinajstić information content (AvgIpc) is 2.78. The normalized spacial score (nSPS) is 15.0. The largest absolute Gasteiger partial charge is 0.387 e. The molecule has 0 aliphatic rings.